The summed E-state index contributed by atoms with van der Waals surface area (Å²) in [6.45, 7) is 1.84. The van der Waals surface area contributed by atoms with Crippen LogP contribution >= 0.6 is 11.6 Å². The molecule has 2 aromatic rings. The Morgan fingerprint density at radius 2 is 2.14 bits per heavy atom. The van der Waals surface area contributed by atoms with Crippen LogP contribution in [0.4, 0.5) is 4.39 Å². The van der Waals surface area contributed by atoms with E-state index in [2.05, 4.69) is 15.0 Å². The second kappa shape index (κ2) is 3.38. The zero-order valence-electron chi connectivity index (χ0n) is 7.38. The maximum Gasteiger partial charge on any atom is 0.159 e. The molecule has 0 fully saturated rings. The molecule has 0 spiro atoms. The van der Waals surface area contributed by atoms with Crippen LogP contribution in [-0.4, -0.2) is 15.0 Å². The fourth-order valence-corrected chi connectivity index (χ4v) is 1.27. The molecular formula is C9H7ClFN3. The van der Waals surface area contributed by atoms with Gasteiger partial charge in [-0.15, -0.1) is 0 Å². The number of aromatic nitrogens is 3. The number of nitrogens with one attached hydrogen (secondary N) is 1. The van der Waals surface area contributed by atoms with Crippen molar-refractivity contribution in [2.75, 3.05) is 0 Å². The van der Waals surface area contributed by atoms with Crippen molar-refractivity contribution in [3.8, 4) is 11.5 Å². The number of H-pyrrole nitrogens is 1. The third kappa shape index (κ3) is 1.61. The maximum absolute atomic E-state index is 13.3. The molecule has 5 heteroatoms. The largest absolute Gasteiger partial charge is 0.341 e. The minimum absolute atomic E-state index is 0.183. The number of pyridine rings is 1. The molecule has 0 atom stereocenters. The lowest BCUT2D eigenvalue weighted by Gasteiger charge is -1.98. The Balaban J connectivity index is 2.52. The van der Waals surface area contributed by atoms with E-state index >= 15 is 0 Å². The van der Waals surface area contributed by atoms with E-state index in [1.54, 1.807) is 6.20 Å². The number of aromatic amines is 1. The molecule has 72 valence electrons. The molecule has 0 amide bonds. The van der Waals surface area contributed by atoms with E-state index < -0.39 is 5.82 Å². The van der Waals surface area contributed by atoms with Crippen LogP contribution < -0.4 is 0 Å². The van der Waals surface area contributed by atoms with Crippen molar-refractivity contribution in [2.24, 2.45) is 0 Å². The van der Waals surface area contributed by atoms with E-state index in [1.165, 1.54) is 12.3 Å². The van der Waals surface area contributed by atoms with Gasteiger partial charge in [0, 0.05) is 18.1 Å². The Bertz CT molecular complexity index is 467. The lowest BCUT2D eigenvalue weighted by Crippen LogP contribution is -1.90. The summed E-state index contributed by atoms with van der Waals surface area (Å²) in [6.07, 6.45) is 3.00. The summed E-state index contributed by atoms with van der Waals surface area (Å²) in [7, 11) is 0. The van der Waals surface area contributed by atoms with E-state index in [-0.39, 0.29) is 10.7 Å². The monoisotopic (exact) mass is 211 g/mol. The molecular weight excluding hydrogens is 205 g/mol. The van der Waals surface area contributed by atoms with E-state index in [4.69, 9.17) is 11.6 Å². The van der Waals surface area contributed by atoms with Crippen molar-refractivity contribution in [2.45, 2.75) is 6.92 Å². The van der Waals surface area contributed by atoms with Crippen LogP contribution in [0.1, 0.15) is 5.69 Å². The van der Waals surface area contributed by atoms with Crippen molar-refractivity contribution < 1.29 is 4.39 Å². The summed E-state index contributed by atoms with van der Waals surface area (Å²) >= 11 is 5.58. The van der Waals surface area contributed by atoms with Gasteiger partial charge in [0.1, 0.15) is 5.69 Å². The van der Waals surface area contributed by atoms with Crippen LogP contribution in [0.3, 0.4) is 0 Å². The highest BCUT2D eigenvalue weighted by Crippen LogP contribution is 2.19. The van der Waals surface area contributed by atoms with Crippen molar-refractivity contribution in [1.82, 2.24) is 15.0 Å². The van der Waals surface area contributed by atoms with Crippen LogP contribution in [0.15, 0.2) is 18.5 Å². The van der Waals surface area contributed by atoms with Gasteiger partial charge in [0.15, 0.2) is 11.6 Å². The second-order valence-corrected chi connectivity index (χ2v) is 3.34. The van der Waals surface area contributed by atoms with Crippen LogP contribution in [0.2, 0.25) is 5.02 Å². The van der Waals surface area contributed by atoms with Gasteiger partial charge in [0.2, 0.25) is 0 Å². The quantitative estimate of drug-likeness (QED) is 0.788. The summed E-state index contributed by atoms with van der Waals surface area (Å²) in [5.74, 6) is -0.0662. The first-order valence-corrected chi connectivity index (χ1v) is 4.37. The maximum atomic E-state index is 13.3. The highest BCUT2D eigenvalue weighted by molar-refractivity contribution is 6.30. The summed E-state index contributed by atoms with van der Waals surface area (Å²) in [4.78, 5) is 10.7. The Morgan fingerprint density at radius 1 is 1.36 bits per heavy atom. The molecule has 0 aliphatic heterocycles. The summed E-state index contributed by atoms with van der Waals surface area (Å²) in [6, 6.07) is 1.21. The van der Waals surface area contributed by atoms with Crippen LogP contribution in [-0.2, 0) is 0 Å². The van der Waals surface area contributed by atoms with Crippen LogP contribution in [0.25, 0.3) is 11.5 Å². The first kappa shape index (κ1) is 9.15. The molecule has 14 heavy (non-hydrogen) atoms. The van der Waals surface area contributed by atoms with Gasteiger partial charge in [-0.05, 0) is 13.0 Å². The SMILES string of the molecule is Cc1cnc(-c2ncc(Cl)cc2F)[nH]1. The van der Waals surface area contributed by atoms with Crippen molar-refractivity contribution >= 4 is 11.6 Å². The van der Waals surface area contributed by atoms with Crippen molar-refractivity contribution in [3.05, 3.63) is 35.0 Å². The standard InChI is InChI=1S/C9H7ClFN3/c1-5-3-13-9(14-5)8-7(11)2-6(10)4-12-8/h2-4H,1H3,(H,13,14). The fourth-order valence-electron chi connectivity index (χ4n) is 1.12. The normalized spacial score (nSPS) is 10.5. The predicted molar refractivity (Wildman–Crippen MR) is 51.5 cm³/mol. The molecule has 0 aliphatic carbocycles. The Morgan fingerprint density at radius 3 is 2.71 bits per heavy atom. The molecule has 0 saturated carbocycles. The highest BCUT2D eigenvalue weighted by atomic mass is 35.5. The number of nitrogens with zero attached hydrogens (tertiary/aromatic N) is 2. The van der Waals surface area contributed by atoms with Gasteiger partial charge in [-0.25, -0.2) is 14.4 Å². The molecule has 0 saturated heterocycles. The third-order valence-corrected chi connectivity index (χ3v) is 1.94. The Labute approximate surface area is 85.0 Å². The second-order valence-electron chi connectivity index (χ2n) is 2.90. The number of aryl methyl sites for hydroxylation is 1. The van der Waals surface area contributed by atoms with Gasteiger partial charge in [-0.2, -0.15) is 0 Å². The number of halogens is 2. The number of rotatable bonds is 1. The highest BCUT2D eigenvalue weighted by Gasteiger charge is 2.09. The molecule has 0 bridgehead atoms. The number of hydrogen-bond acceptors (Lipinski definition) is 2. The van der Waals surface area contributed by atoms with Gasteiger partial charge in [-0.1, -0.05) is 11.6 Å². The zero-order chi connectivity index (χ0) is 10.1. The molecule has 0 aromatic carbocycles. The van der Waals surface area contributed by atoms with Gasteiger partial charge >= 0.3 is 0 Å². The minimum Gasteiger partial charge on any atom is -0.341 e. The first-order valence-electron chi connectivity index (χ1n) is 4.00. The average Bonchev–Trinajstić information content (AvgIpc) is 2.51. The molecule has 2 aromatic heterocycles. The van der Waals surface area contributed by atoms with E-state index in [9.17, 15) is 4.39 Å². The summed E-state index contributed by atoms with van der Waals surface area (Å²) in [5.41, 5.74) is 1.04. The number of imidazole rings is 1. The summed E-state index contributed by atoms with van der Waals surface area (Å²) in [5, 5.41) is 0.273. The topological polar surface area (TPSA) is 41.6 Å². The van der Waals surface area contributed by atoms with E-state index in [1.807, 2.05) is 6.92 Å². The van der Waals surface area contributed by atoms with Gasteiger partial charge < -0.3 is 4.98 Å². The Kier molecular flexibility index (Phi) is 2.21. The molecule has 3 nitrogen and oxygen atoms in total. The number of hydrogen-bond donors (Lipinski definition) is 1. The van der Waals surface area contributed by atoms with Gasteiger partial charge in [-0.3, -0.25) is 0 Å². The van der Waals surface area contributed by atoms with Crippen molar-refractivity contribution in [3.63, 3.8) is 0 Å². The van der Waals surface area contributed by atoms with Crippen LogP contribution in [0.5, 0.6) is 0 Å². The minimum atomic E-state index is -0.480. The van der Waals surface area contributed by atoms with E-state index in [0.29, 0.717) is 5.82 Å². The van der Waals surface area contributed by atoms with Crippen LogP contribution in [0, 0.1) is 12.7 Å². The molecule has 2 rings (SSSR count). The zero-order valence-corrected chi connectivity index (χ0v) is 8.14. The molecule has 2 heterocycles. The molecule has 1 N–H and O–H groups in total. The van der Waals surface area contributed by atoms with E-state index in [0.717, 1.165) is 5.69 Å². The average molecular weight is 212 g/mol. The van der Waals surface area contributed by atoms with Gasteiger partial charge in [0.25, 0.3) is 0 Å². The van der Waals surface area contributed by atoms with Gasteiger partial charge in [0.05, 0.1) is 5.02 Å². The molecule has 0 aliphatic rings. The predicted octanol–water partition coefficient (Wildman–Crippen LogP) is 2.57. The first-order chi connectivity index (χ1) is 6.66. The lowest BCUT2D eigenvalue weighted by atomic mass is 10.3. The molecule has 0 unspecified atom stereocenters. The third-order valence-electron chi connectivity index (χ3n) is 1.73. The Hall–Kier alpha value is -1.42. The fraction of sp³-hybridized carbons (Fsp3) is 0.111. The van der Waals surface area contributed by atoms with Crippen molar-refractivity contribution in [1.29, 1.82) is 0 Å². The lowest BCUT2D eigenvalue weighted by molar-refractivity contribution is 0.624. The summed E-state index contributed by atoms with van der Waals surface area (Å²) < 4.78 is 13.3. The smallest absolute Gasteiger partial charge is 0.159 e. The molecule has 0 radical (unpaired) electrons.